The van der Waals surface area contributed by atoms with Gasteiger partial charge in [0.1, 0.15) is 6.04 Å². The van der Waals surface area contributed by atoms with Crippen LogP contribution in [0.15, 0.2) is 64.8 Å². The molecule has 2 aromatic rings. The molecular weight excluding hydrogens is 516 g/mol. The molecule has 210 valence electrons. The zero-order chi connectivity index (χ0) is 29.0. The Balaban J connectivity index is 1.52. The first-order valence-electron chi connectivity index (χ1n) is 12.9. The van der Waals surface area contributed by atoms with Gasteiger partial charge in [0, 0.05) is 44.2 Å². The van der Waals surface area contributed by atoms with Gasteiger partial charge < -0.3 is 25.2 Å². The number of urea groups is 1. The summed E-state index contributed by atoms with van der Waals surface area (Å²) in [6.45, 7) is 5.50. The average molecular weight is 549 g/mol. The van der Waals surface area contributed by atoms with Crippen molar-refractivity contribution in [2.75, 3.05) is 25.5 Å². The van der Waals surface area contributed by atoms with Crippen LogP contribution in [0.4, 0.5) is 21.9 Å². The lowest BCUT2D eigenvalue weighted by Gasteiger charge is -2.38. The van der Waals surface area contributed by atoms with E-state index in [1.807, 2.05) is 24.3 Å². The van der Waals surface area contributed by atoms with Gasteiger partial charge in [0.2, 0.25) is 5.91 Å². The molecule has 0 aliphatic carbocycles. The smallest absolute Gasteiger partial charge is 0.338 e. The predicted molar refractivity (Wildman–Crippen MR) is 149 cm³/mol. The van der Waals surface area contributed by atoms with Crippen LogP contribution in [-0.2, 0) is 14.3 Å². The fraction of sp³-hybridized carbons (Fsp3) is 0.357. The monoisotopic (exact) mass is 548 g/mol. The molecule has 12 heteroatoms. The summed E-state index contributed by atoms with van der Waals surface area (Å²) < 4.78 is 5.46. The normalized spacial score (nSPS) is 18.1. The van der Waals surface area contributed by atoms with Gasteiger partial charge in [0.05, 0.1) is 34.0 Å². The average Bonchev–Trinajstić information content (AvgIpc) is 2.92. The number of likely N-dealkylation sites (N-methyl/N-ethyl adjacent to an activating group) is 1. The molecule has 0 radical (unpaired) electrons. The number of para-hydroxylation sites is 2. The first-order chi connectivity index (χ1) is 19.1. The number of hydrogen-bond donors (Lipinski definition) is 2. The summed E-state index contributed by atoms with van der Waals surface area (Å²) in [5, 5.41) is 17.4. The molecule has 2 atom stereocenters. The number of fused-ring (bicyclic) bond motifs is 1. The van der Waals surface area contributed by atoms with Crippen molar-refractivity contribution in [1.82, 2.24) is 15.1 Å². The van der Waals surface area contributed by atoms with Gasteiger partial charge in [-0.25, -0.2) is 9.59 Å². The number of anilines is 1. The van der Waals surface area contributed by atoms with Crippen molar-refractivity contribution in [3.05, 3.63) is 75.5 Å². The second-order valence-electron chi connectivity index (χ2n) is 9.90. The molecular formula is C28H32N6O6. The summed E-state index contributed by atoms with van der Waals surface area (Å²) in [6.07, 6.45) is 1.54. The van der Waals surface area contributed by atoms with Gasteiger partial charge >= 0.3 is 12.0 Å². The number of non-ortho nitro benzene ring substituents is 1. The maximum atomic E-state index is 13.2. The number of benzene rings is 2. The third kappa shape index (κ3) is 6.11. The van der Waals surface area contributed by atoms with Crippen molar-refractivity contribution in [3.8, 4) is 0 Å². The topological polar surface area (TPSA) is 146 Å². The minimum absolute atomic E-state index is 0.161. The highest BCUT2D eigenvalue weighted by Crippen LogP contribution is 2.36. The largest absolute Gasteiger partial charge is 0.459 e. The van der Waals surface area contributed by atoms with E-state index in [0.29, 0.717) is 24.2 Å². The van der Waals surface area contributed by atoms with Gasteiger partial charge in [-0.15, -0.1) is 0 Å². The number of ether oxygens (including phenoxy) is 1. The Morgan fingerprint density at radius 1 is 1.20 bits per heavy atom. The van der Waals surface area contributed by atoms with E-state index in [4.69, 9.17) is 4.74 Å². The second-order valence-corrected chi connectivity index (χ2v) is 9.90. The van der Waals surface area contributed by atoms with E-state index < -0.39 is 35.1 Å². The predicted octanol–water partition coefficient (Wildman–Crippen LogP) is 3.93. The summed E-state index contributed by atoms with van der Waals surface area (Å²) in [4.78, 5) is 57.7. The highest BCUT2D eigenvalue weighted by Gasteiger charge is 2.39. The van der Waals surface area contributed by atoms with Crippen LogP contribution in [-0.4, -0.2) is 71.1 Å². The lowest BCUT2D eigenvalue weighted by Crippen LogP contribution is -2.50. The van der Waals surface area contributed by atoms with Crippen LogP contribution >= 0.6 is 0 Å². The molecule has 0 spiro atoms. The molecule has 12 nitrogen and oxygen atoms in total. The van der Waals surface area contributed by atoms with Crippen LogP contribution in [0, 0.1) is 10.1 Å². The third-order valence-corrected chi connectivity index (χ3v) is 6.62. The van der Waals surface area contributed by atoms with E-state index in [1.54, 1.807) is 45.0 Å². The zero-order valence-corrected chi connectivity index (χ0v) is 22.8. The molecule has 0 saturated carbocycles. The van der Waals surface area contributed by atoms with Crippen molar-refractivity contribution < 1.29 is 24.0 Å². The van der Waals surface area contributed by atoms with Crippen molar-refractivity contribution in [1.29, 1.82) is 0 Å². The molecule has 2 N–H and O–H groups in total. The zero-order valence-electron chi connectivity index (χ0n) is 22.8. The lowest BCUT2D eigenvalue weighted by molar-refractivity contribution is -0.384. The fourth-order valence-corrected chi connectivity index (χ4v) is 4.72. The van der Waals surface area contributed by atoms with Gasteiger partial charge in [-0.2, -0.15) is 0 Å². The molecule has 4 rings (SSSR count). The molecule has 2 aliphatic rings. The van der Waals surface area contributed by atoms with Crippen molar-refractivity contribution in [3.63, 3.8) is 0 Å². The Hall–Kier alpha value is -4.74. The minimum Gasteiger partial charge on any atom is -0.459 e. The van der Waals surface area contributed by atoms with E-state index >= 15 is 0 Å². The van der Waals surface area contributed by atoms with E-state index in [2.05, 4.69) is 15.6 Å². The molecule has 3 amide bonds. The molecule has 0 fully saturated rings. The SMILES string of the molecule is CC1=C(C(=O)OC(C)C)C(c2cccc([N+](=O)[O-])c2)N(CCCN(C)C(=O)C2C=Nc3ccccc3N2)C(=O)N1. The van der Waals surface area contributed by atoms with Gasteiger partial charge in [0.15, 0.2) is 0 Å². The molecule has 0 aromatic heterocycles. The number of amides is 3. The van der Waals surface area contributed by atoms with Crippen LogP contribution in [0.2, 0.25) is 0 Å². The third-order valence-electron chi connectivity index (χ3n) is 6.62. The molecule has 2 aromatic carbocycles. The quantitative estimate of drug-likeness (QED) is 0.274. The number of allylic oxidation sites excluding steroid dienone is 1. The highest BCUT2D eigenvalue weighted by atomic mass is 16.6. The summed E-state index contributed by atoms with van der Waals surface area (Å²) in [6, 6.07) is 11.3. The van der Waals surface area contributed by atoms with Crippen molar-refractivity contribution in [2.24, 2.45) is 4.99 Å². The van der Waals surface area contributed by atoms with E-state index in [9.17, 15) is 24.5 Å². The Kier molecular flexibility index (Phi) is 8.46. The van der Waals surface area contributed by atoms with Crippen molar-refractivity contribution >= 4 is 41.2 Å². The number of carbonyl (C=O) groups excluding carboxylic acids is 3. The van der Waals surface area contributed by atoms with Gasteiger partial charge in [-0.3, -0.25) is 19.9 Å². The van der Waals surface area contributed by atoms with Gasteiger partial charge in [-0.1, -0.05) is 24.3 Å². The fourth-order valence-electron chi connectivity index (χ4n) is 4.72. The van der Waals surface area contributed by atoms with Crippen molar-refractivity contribution in [2.45, 2.75) is 45.4 Å². The van der Waals surface area contributed by atoms with Gasteiger partial charge in [-0.05, 0) is 44.9 Å². The molecule has 40 heavy (non-hydrogen) atoms. The number of rotatable bonds is 9. The van der Waals surface area contributed by atoms with E-state index in [-0.39, 0.29) is 23.7 Å². The van der Waals surface area contributed by atoms with Crippen LogP contribution in [0.3, 0.4) is 0 Å². The molecule has 2 unspecified atom stereocenters. The Labute approximate surface area is 231 Å². The van der Waals surface area contributed by atoms with Crippen LogP contribution in [0.1, 0.15) is 38.8 Å². The summed E-state index contributed by atoms with van der Waals surface area (Å²) in [5.41, 5.74) is 2.28. The maximum Gasteiger partial charge on any atom is 0.338 e. The Bertz CT molecular complexity index is 1390. The molecule has 2 heterocycles. The van der Waals surface area contributed by atoms with E-state index in [0.717, 1.165) is 11.4 Å². The maximum absolute atomic E-state index is 13.2. The number of aliphatic imine (C=N–C) groups is 1. The summed E-state index contributed by atoms with van der Waals surface area (Å²) >= 11 is 0. The Morgan fingerprint density at radius 3 is 2.67 bits per heavy atom. The number of hydrogen-bond acceptors (Lipinski definition) is 8. The van der Waals surface area contributed by atoms with E-state index in [1.165, 1.54) is 23.1 Å². The number of nitro benzene ring substituents is 1. The minimum atomic E-state index is -0.912. The van der Waals surface area contributed by atoms with Crippen LogP contribution < -0.4 is 10.6 Å². The first kappa shape index (κ1) is 28.3. The van der Waals surface area contributed by atoms with Gasteiger partial charge in [0.25, 0.3) is 5.69 Å². The Morgan fingerprint density at radius 2 is 1.95 bits per heavy atom. The number of nitro groups is 1. The highest BCUT2D eigenvalue weighted by molar-refractivity contribution is 6.03. The number of nitrogens with zero attached hydrogens (tertiary/aromatic N) is 4. The molecule has 0 bridgehead atoms. The molecule has 0 saturated heterocycles. The number of carbonyl (C=O) groups is 3. The lowest BCUT2D eigenvalue weighted by atomic mass is 9.93. The van der Waals surface area contributed by atoms with Crippen LogP contribution in [0.5, 0.6) is 0 Å². The second kappa shape index (κ2) is 12.0. The standard InChI is InChI=1S/C28H32N6O6/c1-17(2)40-27(36)24-18(3)30-28(37)33(25(24)19-9-7-10-20(15-19)34(38)39)14-8-13-32(4)26(35)23-16-29-21-11-5-6-12-22(21)31-23/h5-7,9-12,15-17,23,25,31H,8,13-14H2,1-4H3,(H,30,37). The summed E-state index contributed by atoms with van der Waals surface area (Å²) in [7, 11) is 1.67. The first-order valence-corrected chi connectivity index (χ1v) is 12.9. The summed E-state index contributed by atoms with van der Waals surface area (Å²) in [5.74, 6) is -0.808. The number of nitrogens with one attached hydrogen (secondary N) is 2. The molecule has 2 aliphatic heterocycles. The van der Waals surface area contributed by atoms with Crippen LogP contribution in [0.25, 0.3) is 0 Å². The number of esters is 1.